The number of nitrogens with one attached hydrogen (secondary N) is 2. The molecule has 0 spiro atoms. The van der Waals surface area contributed by atoms with Crippen LogP contribution in [0.15, 0.2) is 61.1 Å². The Balaban J connectivity index is 0.989. The Morgan fingerprint density at radius 3 is 2.46 bits per heavy atom. The maximum absolute atomic E-state index is 4.81. The number of hydrogen-bond acceptors (Lipinski definition) is 9. The van der Waals surface area contributed by atoms with Crippen molar-refractivity contribution < 1.29 is 0 Å². The fourth-order valence-electron chi connectivity index (χ4n) is 5.86. The summed E-state index contributed by atoms with van der Waals surface area (Å²) in [4.78, 5) is 23.8. The highest BCUT2D eigenvalue weighted by atomic mass is 15.4. The quantitative estimate of drug-likeness (QED) is 0.294. The Labute approximate surface area is 238 Å². The Morgan fingerprint density at radius 2 is 1.76 bits per heavy atom. The van der Waals surface area contributed by atoms with Crippen LogP contribution in [-0.2, 0) is 13.0 Å². The van der Waals surface area contributed by atoms with Gasteiger partial charge in [0.15, 0.2) is 17.5 Å². The second-order valence-corrected chi connectivity index (χ2v) is 10.9. The van der Waals surface area contributed by atoms with Crippen LogP contribution in [0.1, 0.15) is 36.0 Å². The lowest BCUT2D eigenvalue weighted by molar-refractivity contribution is -0.00875. The summed E-state index contributed by atoms with van der Waals surface area (Å²) >= 11 is 0. The first kappa shape index (κ1) is 25.3. The largest absolute Gasteiger partial charge is 0.353 e. The molecule has 11 heteroatoms. The Morgan fingerprint density at radius 1 is 0.927 bits per heavy atom. The van der Waals surface area contributed by atoms with Crippen LogP contribution in [0.5, 0.6) is 0 Å². The predicted octanol–water partition coefficient (Wildman–Crippen LogP) is 4.23. The molecule has 8 rings (SSSR count). The fourth-order valence-corrected chi connectivity index (χ4v) is 5.86. The van der Waals surface area contributed by atoms with Gasteiger partial charge >= 0.3 is 0 Å². The van der Waals surface area contributed by atoms with Crippen molar-refractivity contribution in [2.75, 3.05) is 23.3 Å². The highest BCUT2D eigenvalue weighted by Gasteiger charge is 2.44. The van der Waals surface area contributed by atoms with Gasteiger partial charge in [-0.15, -0.1) is 0 Å². The smallest absolute Gasteiger partial charge is 0.163 e. The number of H-pyrrole nitrogens is 1. The SMILES string of the molecule is CCc1ccnn1-c1ccc(CN2C3CC2CN(c2ccc(-c4nc(C)cc(Nc5cc(C)[nH]n5)n4)cn2)C3)cn1. The van der Waals surface area contributed by atoms with E-state index in [0.717, 1.165) is 66.2 Å². The van der Waals surface area contributed by atoms with Crippen LogP contribution in [0.25, 0.3) is 17.2 Å². The van der Waals surface area contributed by atoms with Gasteiger partial charge in [0.1, 0.15) is 11.6 Å². The third-order valence-electron chi connectivity index (χ3n) is 7.97. The van der Waals surface area contributed by atoms with E-state index in [1.807, 2.05) is 55.3 Å². The highest BCUT2D eigenvalue weighted by Crippen LogP contribution is 2.35. The van der Waals surface area contributed by atoms with Crippen LogP contribution in [0, 0.1) is 13.8 Å². The molecule has 0 amide bonds. The fraction of sp³-hybridized carbons (Fsp3) is 0.333. The van der Waals surface area contributed by atoms with E-state index >= 15 is 0 Å². The van der Waals surface area contributed by atoms with Gasteiger partial charge in [0.2, 0.25) is 0 Å². The van der Waals surface area contributed by atoms with Crippen LogP contribution >= 0.6 is 0 Å². The number of rotatable bonds is 8. The molecule has 3 fully saturated rings. The molecule has 2 unspecified atom stereocenters. The second kappa shape index (κ2) is 10.4. The molecule has 208 valence electrons. The van der Waals surface area contributed by atoms with Crippen LogP contribution in [0.2, 0.25) is 0 Å². The number of aryl methyl sites for hydroxylation is 3. The number of anilines is 3. The number of pyridine rings is 2. The summed E-state index contributed by atoms with van der Waals surface area (Å²) in [5, 5.41) is 14.9. The maximum atomic E-state index is 4.81. The zero-order valence-electron chi connectivity index (χ0n) is 23.5. The van der Waals surface area contributed by atoms with Crippen LogP contribution in [0.4, 0.5) is 17.5 Å². The number of aromatic nitrogens is 8. The van der Waals surface area contributed by atoms with E-state index in [1.165, 1.54) is 12.0 Å². The molecule has 2 N–H and O–H groups in total. The summed E-state index contributed by atoms with van der Waals surface area (Å²) in [6, 6.07) is 15.3. The van der Waals surface area contributed by atoms with Crippen LogP contribution < -0.4 is 10.2 Å². The van der Waals surface area contributed by atoms with E-state index < -0.39 is 0 Å². The van der Waals surface area contributed by atoms with Crippen molar-refractivity contribution in [3.05, 3.63) is 83.7 Å². The topological polar surface area (TPSA) is 117 Å². The zero-order valence-corrected chi connectivity index (χ0v) is 23.5. The van der Waals surface area contributed by atoms with Crippen molar-refractivity contribution in [2.24, 2.45) is 0 Å². The molecular formula is C30H33N11. The summed E-state index contributed by atoms with van der Waals surface area (Å²) in [6.45, 7) is 8.92. The molecule has 5 aromatic rings. The third-order valence-corrected chi connectivity index (χ3v) is 7.97. The number of aromatic amines is 1. The van der Waals surface area contributed by atoms with Gasteiger partial charge in [0.25, 0.3) is 0 Å². The van der Waals surface area contributed by atoms with Gasteiger partial charge < -0.3 is 10.2 Å². The van der Waals surface area contributed by atoms with E-state index in [4.69, 9.17) is 15.0 Å². The molecule has 3 aliphatic heterocycles. The highest BCUT2D eigenvalue weighted by molar-refractivity contribution is 5.61. The lowest BCUT2D eigenvalue weighted by Crippen LogP contribution is -2.68. The van der Waals surface area contributed by atoms with E-state index in [2.05, 4.69) is 66.6 Å². The number of fused-ring (bicyclic) bond motifs is 2. The maximum Gasteiger partial charge on any atom is 0.163 e. The summed E-state index contributed by atoms with van der Waals surface area (Å²) < 4.78 is 1.92. The molecule has 0 saturated carbocycles. The Hall–Kier alpha value is -4.64. The van der Waals surface area contributed by atoms with E-state index in [-0.39, 0.29) is 0 Å². The number of hydrogen-bond donors (Lipinski definition) is 2. The van der Waals surface area contributed by atoms with Crippen LogP contribution in [-0.4, -0.2) is 70.0 Å². The number of nitrogens with zero attached hydrogens (tertiary/aromatic N) is 9. The molecule has 2 atom stereocenters. The van der Waals surface area contributed by atoms with Gasteiger partial charge in [-0.1, -0.05) is 13.0 Å². The molecule has 41 heavy (non-hydrogen) atoms. The first-order chi connectivity index (χ1) is 20.0. The van der Waals surface area contributed by atoms with Gasteiger partial charge in [-0.25, -0.2) is 24.6 Å². The molecule has 0 aromatic carbocycles. The first-order valence-corrected chi connectivity index (χ1v) is 14.1. The lowest BCUT2D eigenvalue weighted by Gasteiger charge is -2.56. The molecule has 11 nitrogen and oxygen atoms in total. The molecule has 2 bridgehead atoms. The summed E-state index contributed by atoms with van der Waals surface area (Å²) in [5.74, 6) is 3.95. The van der Waals surface area contributed by atoms with Crippen LogP contribution in [0.3, 0.4) is 0 Å². The van der Waals surface area contributed by atoms with Crippen molar-refractivity contribution in [3.8, 4) is 17.2 Å². The lowest BCUT2D eigenvalue weighted by atomic mass is 9.87. The summed E-state index contributed by atoms with van der Waals surface area (Å²) in [7, 11) is 0. The Bertz CT molecular complexity index is 1640. The summed E-state index contributed by atoms with van der Waals surface area (Å²) in [5.41, 5.74) is 5.15. The summed E-state index contributed by atoms with van der Waals surface area (Å²) in [6.07, 6.45) is 7.86. The second-order valence-electron chi connectivity index (χ2n) is 10.9. The normalized spacial score (nSPS) is 18.4. The average Bonchev–Trinajstić information content (AvgIpc) is 3.64. The van der Waals surface area contributed by atoms with E-state index in [0.29, 0.717) is 23.7 Å². The van der Waals surface area contributed by atoms with Crippen molar-refractivity contribution >= 4 is 17.5 Å². The van der Waals surface area contributed by atoms with Gasteiger partial charge in [0.05, 0.1) is 0 Å². The van der Waals surface area contributed by atoms with Gasteiger partial charge in [0, 0.05) is 85.1 Å². The van der Waals surface area contributed by atoms with Crippen molar-refractivity contribution in [3.63, 3.8) is 0 Å². The monoisotopic (exact) mass is 547 g/mol. The molecular weight excluding hydrogens is 514 g/mol. The van der Waals surface area contributed by atoms with Gasteiger partial charge in [-0.2, -0.15) is 10.2 Å². The molecule has 5 aromatic heterocycles. The standard InChI is InChI=1S/C30H33N11/c1-4-23-9-10-33-41(23)29-7-5-21(14-31-29)16-40-24-13-25(40)18-39(17-24)28-8-6-22(15-32-28)30-34-19(2)11-26(36-30)35-27-12-20(3)37-38-27/h5-12,14-15,24-25H,4,13,16-18H2,1-3H3,(H2,34,35,36,37,38). The van der Waals surface area contributed by atoms with E-state index in [1.54, 1.807) is 0 Å². The number of piperazine rings is 1. The molecule has 0 radical (unpaired) electrons. The predicted molar refractivity (Wildman–Crippen MR) is 157 cm³/mol. The molecule has 0 aliphatic carbocycles. The minimum Gasteiger partial charge on any atom is -0.353 e. The first-order valence-electron chi connectivity index (χ1n) is 14.1. The minimum absolute atomic E-state index is 0.520. The average molecular weight is 548 g/mol. The van der Waals surface area contributed by atoms with Crippen molar-refractivity contribution in [1.82, 2.24) is 44.8 Å². The van der Waals surface area contributed by atoms with Gasteiger partial charge in [-0.3, -0.25) is 10.00 Å². The van der Waals surface area contributed by atoms with Crippen molar-refractivity contribution in [2.45, 2.75) is 52.2 Å². The molecule has 3 saturated heterocycles. The number of piperidine rings is 1. The molecule has 3 aliphatic rings. The third kappa shape index (κ3) is 5.04. The van der Waals surface area contributed by atoms with Gasteiger partial charge in [-0.05, 0) is 56.5 Å². The zero-order chi connectivity index (χ0) is 27.9. The minimum atomic E-state index is 0.520. The Kier molecular flexibility index (Phi) is 6.43. The van der Waals surface area contributed by atoms with E-state index in [9.17, 15) is 0 Å². The molecule has 8 heterocycles. The van der Waals surface area contributed by atoms with Crippen molar-refractivity contribution in [1.29, 1.82) is 0 Å².